The Morgan fingerprint density at radius 2 is 2.08 bits per heavy atom. The smallest absolute Gasteiger partial charge is 0.407 e. The van der Waals surface area contributed by atoms with Crippen LogP contribution in [0.1, 0.15) is 0 Å². The third kappa shape index (κ3) is 1.27. The normalized spacial score (nSPS) is 17.0. The summed E-state index contributed by atoms with van der Waals surface area (Å²) in [4.78, 5) is 4.38. The van der Waals surface area contributed by atoms with Crippen LogP contribution in [0.5, 0.6) is 17.2 Å². The molecule has 70 valence electrons. The molecule has 7 heteroatoms. The molecule has 13 heavy (non-hydrogen) atoms. The van der Waals surface area contributed by atoms with Crippen LogP contribution in [0.25, 0.3) is 0 Å². The lowest BCUT2D eigenvalue weighted by molar-refractivity contribution is 0.323. The third-order valence-corrected chi connectivity index (χ3v) is 2.20. The zero-order chi connectivity index (χ0) is 9.47. The Morgan fingerprint density at radius 1 is 1.31 bits per heavy atom. The van der Waals surface area contributed by atoms with Crippen molar-refractivity contribution in [3.63, 3.8) is 0 Å². The molecule has 0 unspecified atom stereocenters. The fourth-order valence-electron chi connectivity index (χ4n) is 0.965. The quantitative estimate of drug-likeness (QED) is 0.644. The highest BCUT2D eigenvalue weighted by molar-refractivity contribution is 7.82. The molecule has 1 aliphatic rings. The van der Waals surface area contributed by atoms with Gasteiger partial charge in [-0.25, -0.2) is 0 Å². The second kappa shape index (κ2) is 2.51. The van der Waals surface area contributed by atoms with Crippen molar-refractivity contribution in [1.82, 2.24) is 0 Å². The lowest BCUT2D eigenvalue weighted by Gasteiger charge is -1.99. The summed E-state index contributed by atoms with van der Waals surface area (Å²) in [5.74, 6) is 5.04. The van der Waals surface area contributed by atoms with E-state index in [1.807, 2.05) is 0 Å². The summed E-state index contributed by atoms with van der Waals surface area (Å²) < 4.78 is 30.5. The van der Waals surface area contributed by atoms with Gasteiger partial charge in [0.05, 0.1) is 0 Å². The second-order valence-corrected chi connectivity index (χ2v) is 3.43. The van der Waals surface area contributed by atoms with E-state index in [-0.39, 0.29) is 17.2 Å². The summed E-state index contributed by atoms with van der Waals surface area (Å²) in [6, 6.07) is 4.43. The highest BCUT2D eigenvalue weighted by Gasteiger charge is 2.31. The minimum atomic E-state index is -3.97. The van der Waals surface area contributed by atoms with Gasteiger partial charge in [0, 0.05) is 0 Å². The number of rotatable bonds is 1. The van der Waals surface area contributed by atoms with Crippen molar-refractivity contribution >= 4 is 10.4 Å². The largest absolute Gasteiger partial charge is 0.501 e. The van der Waals surface area contributed by atoms with Gasteiger partial charge in [-0.2, -0.15) is 5.90 Å². The van der Waals surface area contributed by atoms with Gasteiger partial charge in [-0.15, -0.1) is 8.42 Å². The van der Waals surface area contributed by atoms with Crippen molar-refractivity contribution in [3.05, 3.63) is 18.2 Å². The standard InChI is InChI=1S/C6H5NO5S/c7-10-4-2-1-3-5-6(4)12-13(8,9)11-5/h1-3H,7H2. The van der Waals surface area contributed by atoms with Crippen LogP contribution in [0.3, 0.4) is 0 Å². The van der Waals surface area contributed by atoms with Gasteiger partial charge < -0.3 is 13.2 Å². The van der Waals surface area contributed by atoms with Gasteiger partial charge >= 0.3 is 10.4 Å². The molecular weight excluding hydrogens is 198 g/mol. The Hall–Kier alpha value is -1.47. The summed E-state index contributed by atoms with van der Waals surface area (Å²) in [6.07, 6.45) is 0. The summed E-state index contributed by atoms with van der Waals surface area (Å²) in [6.45, 7) is 0. The topological polar surface area (TPSA) is 87.9 Å². The van der Waals surface area contributed by atoms with Crippen molar-refractivity contribution in [3.8, 4) is 17.2 Å². The molecule has 0 bridgehead atoms. The maximum Gasteiger partial charge on any atom is 0.501 e. The molecule has 0 atom stereocenters. The first-order chi connectivity index (χ1) is 6.12. The van der Waals surface area contributed by atoms with Crippen LogP contribution in [-0.4, -0.2) is 8.42 Å². The molecule has 1 aromatic rings. The number of hydrogen-bond donors (Lipinski definition) is 1. The van der Waals surface area contributed by atoms with E-state index in [4.69, 9.17) is 5.90 Å². The van der Waals surface area contributed by atoms with Crippen molar-refractivity contribution in [2.75, 3.05) is 0 Å². The van der Waals surface area contributed by atoms with Crippen molar-refractivity contribution in [2.45, 2.75) is 0 Å². The Bertz CT molecular complexity index is 440. The van der Waals surface area contributed by atoms with E-state index >= 15 is 0 Å². The first kappa shape index (κ1) is 8.14. The number of hydrogen-bond acceptors (Lipinski definition) is 6. The maximum atomic E-state index is 10.8. The van der Waals surface area contributed by atoms with Gasteiger partial charge in [0.2, 0.25) is 5.75 Å². The molecule has 0 radical (unpaired) electrons. The highest BCUT2D eigenvalue weighted by atomic mass is 32.3. The van der Waals surface area contributed by atoms with E-state index in [0.29, 0.717) is 0 Å². The van der Waals surface area contributed by atoms with Crippen LogP contribution in [-0.2, 0) is 10.4 Å². The van der Waals surface area contributed by atoms with Gasteiger partial charge in [0.25, 0.3) is 0 Å². The molecule has 0 fully saturated rings. The van der Waals surface area contributed by atoms with Crippen molar-refractivity contribution in [1.29, 1.82) is 0 Å². The minimum absolute atomic E-state index is 0.0231. The number of nitrogens with two attached hydrogens (primary N) is 1. The molecule has 1 heterocycles. The van der Waals surface area contributed by atoms with Crippen LogP contribution in [0.2, 0.25) is 0 Å². The Labute approximate surface area is 74.1 Å². The Morgan fingerprint density at radius 3 is 2.77 bits per heavy atom. The zero-order valence-corrected chi connectivity index (χ0v) is 7.08. The van der Waals surface area contributed by atoms with E-state index in [9.17, 15) is 8.42 Å². The predicted molar refractivity (Wildman–Crippen MR) is 41.4 cm³/mol. The fraction of sp³-hybridized carbons (Fsp3) is 0. The average Bonchev–Trinajstić information content (AvgIpc) is 2.37. The molecule has 2 rings (SSSR count). The van der Waals surface area contributed by atoms with Crippen LogP contribution in [0.4, 0.5) is 0 Å². The first-order valence-electron chi connectivity index (χ1n) is 3.26. The molecule has 0 spiro atoms. The Kier molecular flexibility index (Phi) is 1.57. The fourth-order valence-corrected chi connectivity index (χ4v) is 1.72. The van der Waals surface area contributed by atoms with Crippen LogP contribution in [0.15, 0.2) is 18.2 Å². The summed E-state index contributed by atoms with van der Waals surface area (Å²) in [7, 11) is -3.97. The van der Waals surface area contributed by atoms with E-state index in [1.54, 1.807) is 0 Å². The Balaban J connectivity index is 2.57. The first-order valence-corrected chi connectivity index (χ1v) is 4.59. The minimum Gasteiger partial charge on any atom is -0.407 e. The van der Waals surface area contributed by atoms with Gasteiger partial charge in [-0.1, -0.05) is 6.07 Å². The average molecular weight is 203 g/mol. The molecule has 0 aliphatic carbocycles. The molecule has 0 saturated heterocycles. The second-order valence-electron chi connectivity index (χ2n) is 2.28. The zero-order valence-electron chi connectivity index (χ0n) is 6.26. The van der Waals surface area contributed by atoms with Crippen LogP contribution in [0, 0.1) is 0 Å². The van der Waals surface area contributed by atoms with Gasteiger partial charge in [-0.05, 0) is 12.1 Å². The summed E-state index contributed by atoms with van der Waals surface area (Å²) in [5, 5.41) is 0. The lowest BCUT2D eigenvalue weighted by Crippen LogP contribution is -2.09. The molecule has 0 amide bonds. The highest BCUT2D eigenvalue weighted by Crippen LogP contribution is 2.42. The third-order valence-electron chi connectivity index (χ3n) is 1.45. The van der Waals surface area contributed by atoms with Gasteiger partial charge in [0.15, 0.2) is 11.5 Å². The molecule has 1 aliphatic heterocycles. The summed E-state index contributed by atoms with van der Waals surface area (Å²) >= 11 is 0. The van der Waals surface area contributed by atoms with Crippen LogP contribution >= 0.6 is 0 Å². The van der Waals surface area contributed by atoms with E-state index in [1.165, 1.54) is 18.2 Å². The van der Waals surface area contributed by atoms with Crippen molar-refractivity contribution in [2.24, 2.45) is 5.90 Å². The molecule has 0 aromatic heterocycles. The lowest BCUT2D eigenvalue weighted by atomic mass is 10.3. The molecule has 1 aromatic carbocycles. The number of para-hydroxylation sites is 1. The SMILES string of the molecule is NOc1cccc2c1OS(=O)(=O)O2. The van der Waals surface area contributed by atoms with E-state index in [2.05, 4.69) is 13.2 Å². The van der Waals surface area contributed by atoms with E-state index < -0.39 is 10.4 Å². The monoisotopic (exact) mass is 203 g/mol. The molecule has 0 saturated carbocycles. The predicted octanol–water partition coefficient (Wildman–Crippen LogP) is -0.0449. The van der Waals surface area contributed by atoms with Gasteiger partial charge in [-0.3, -0.25) is 0 Å². The molecule has 2 N–H and O–H groups in total. The molecule has 6 nitrogen and oxygen atoms in total. The van der Waals surface area contributed by atoms with Crippen LogP contribution < -0.4 is 19.1 Å². The summed E-state index contributed by atoms with van der Waals surface area (Å²) in [5.41, 5.74) is 0. The van der Waals surface area contributed by atoms with Crippen molar-refractivity contribution < 1.29 is 21.6 Å². The maximum absolute atomic E-state index is 10.8. The number of benzene rings is 1. The number of fused-ring (bicyclic) bond motifs is 1. The van der Waals surface area contributed by atoms with E-state index in [0.717, 1.165) is 0 Å². The van der Waals surface area contributed by atoms with Gasteiger partial charge in [0.1, 0.15) is 0 Å². The molecular formula is C6H5NO5S.